The summed E-state index contributed by atoms with van der Waals surface area (Å²) < 4.78 is 33.7. The minimum absolute atomic E-state index is 0.00337. The summed E-state index contributed by atoms with van der Waals surface area (Å²) in [5, 5.41) is 0.585. The van der Waals surface area contributed by atoms with E-state index in [9.17, 15) is 13.2 Å². The molecule has 1 aliphatic heterocycles. The van der Waals surface area contributed by atoms with Crippen LogP contribution in [0.25, 0.3) is 0 Å². The minimum Gasteiger partial charge on any atom is -0.484 e. The molecule has 1 aliphatic rings. The highest BCUT2D eigenvalue weighted by Crippen LogP contribution is 2.19. The predicted molar refractivity (Wildman–Crippen MR) is 87.6 cm³/mol. The van der Waals surface area contributed by atoms with E-state index in [0.717, 1.165) is 0 Å². The average Bonchev–Trinajstić information content (AvgIpc) is 2.87. The molecule has 1 aromatic rings. The topological polar surface area (TPSA) is 72.9 Å². The van der Waals surface area contributed by atoms with Crippen molar-refractivity contribution in [2.24, 2.45) is 0 Å². The highest BCUT2D eigenvalue weighted by atomic mass is 35.5. The van der Waals surface area contributed by atoms with Gasteiger partial charge in [-0.25, -0.2) is 8.42 Å². The fraction of sp³-hybridized carbons (Fsp3) is 0.533. The van der Waals surface area contributed by atoms with Crippen molar-refractivity contribution in [3.05, 3.63) is 29.3 Å². The molecule has 8 heteroatoms. The van der Waals surface area contributed by atoms with Crippen molar-refractivity contribution < 1.29 is 22.7 Å². The molecule has 1 fully saturated rings. The van der Waals surface area contributed by atoms with Crippen LogP contribution in [0.3, 0.4) is 0 Å². The Hall–Kier alpha value is -1.31. The van der Waals surface area contributed by atoms with E-state index in [-0.39, 0.29) is 30.1 Å². The van der Waals surface area contributed by atoms with Crippen LogP contribution in [-0.2, 0) is 19.4 Å². The van der Waals surface area contributed by atoms with Gasteiger partial charge < -0.3 is 14.4 Å². The number of methoxy groups -OCH3 is 1. The molecule has 0 bridgehead atoms. The van der Waals surface area contributed by atoms with Gasteiger partial charge in [0.15, 0.2) is 16.4 Å². The van der Waals surface area contributed by atoms with Gasteiger partial charge in [0.1, 0.15) is 5.75 Å². The molecule has 0 aromatic heterocycles. The summed E-state index contributed by atoms with van der Waals surface area (Å²) in [5.74, 6) is 0.406. The lowest BCUT2D eigenvalue weighted by molar-refractivity contribution is -0.136. The highest BCUT2D eigenvalue weighted by molar-refractivity contribution is 7.91. The van der Waals surface area contributed by atoms with Gasteiger partial charge in [-0.3, -0.25) is 4.79 Å². The molecule has 0 unspecified atom stereocenters. The summed E-state index contributed by atoms with van der Waals surface area (Å²) >= 11 is 5.79. The van der Waals surface area contributed by atoms with E-state index in [1.54, 1.807) is 29.2 Å². The molecule has 1 amide bonds. The van der Waals surface area contributed by atoms with Crippen molar-refractivity contribution >= 4 is 27.3 Å². The standard InChI is InChI=1S/C15H20ClNO5S/c1-21-8-7-17(13-6-9-23(19,20)11-13)15(18)10-22-14-4-2-12(16)3-5-14/h2-5,13H,6-11H2,1H3/t13-/m0/s1. The molecule has 2 rings (SSSR count). The molecule has 1 atom stereocenters. The Bertz CT molecular complexity index is 632. The molecule has 0 aliphatic carbocycles. The molecule has 0 radical (unpaired) electrons. The van der Waals surface area contributed by atoms with Crippen molar-refractivity contribution in [3.63, 3.8) is 0 Å². The molecule has 0 spiro atoms. The molecule has 1 heterocycles. The fourth-order valence-electron chi connectivity index (χ4n) is 2.48. The Morgan fingerprint density at radius 3 is 2.61 bits per heavy atom. The maximum atomic E-state index is 12.4. The number of carbonyl (C=O) groups excluding carboxylic acids is 1. The van der Waals surface area contributed by atoms with Crippen LogP contribution in [0.2, 0.25) is 5.02 Å². The summed E-state index contributed by atoms with van der Waals surface area (Å²) in [7, 11) is -1.52. The van der Waals surface area contributed by atoms with E-state index >= 15 is 0 Å². The van der Waals surface area contributed by atoms with Crippen molar-refractivity contribution in [1.29, 1.82) is 0 Å². The average molecular weight is 362 g/mol. The summed E-state index contributed by atoms with van der Waals surface area (Å²) in [6, 6.07) is 6.39. The molecule has 1 saturated heterocycles. The molecular formula is C15H20ClNO5S. The van der Waals surface area contributed by atoms with Gasteiger partial charge in [-0.15, -0.1) is 0 Å². The summed E-state index contributed by atoms with van der Waals surface area (Å²) in [6.07, 6.45) is 0.457. The van der Waals surface area contributed by atoms with Gasteiger partial charge in [-0.05, 0) is 30.7 Å². The fourth-order valence-corrected chi connectivity index (χ4v) is 4.34. The molecule has 0 N–H and O–H groups in total. The summed E-state index contributed by atoms with van der Waals surface area (Å²) in [5.41, 5.74) is 0. The van der Waals surface area contributed by atoms with Gasteiger partial charge >= 0.3 is 0 Å². The van der Waals surface area contributed by atoms with Crippen LogP contribution in [0.15, 0.2) is 24.3 Å². The van der Waals surface area contributed by atoms with Crippen molar-refractivity contribution in [2.45, 2.75) is 12.5 Å². The maximum absolute atomic E-state index is 12.4. The van der Waals surface area contributed by atoms with Crippen LogP contribution in [-0.4, -0.2) is 63.6 Å². The Morgan fingerprint density at radius 2 is 2.04 bits per heavy atom. The van der Waals surface area contributed by atoms with Gasteiger partial charge in [0.25, 0.3) is 5.91 Å². The third-order valence-electron chi connectivity index (χ3n) is 3.68. The lowest BCUT2D eigenvalue weighted by atomic mass is 10.2. The van der Waals surface area contributed by atoms with Crippen LogP contribution >= 0.6 is 11.6 Å². The first kappa shape index (κ1) is 18.0. The first-order chi connectivity index (χ1) is 10.9. The third kappa shape index (κ3) is 5.37. The normalized spacial score (nSPS) is 19.5. The second-order valence-electron chi connectivity index (χ2n) is 5.38. The predicted octanol–water partition coefficient (Wildman–Crippen LogP) is 1.38. The Labute approximate surface area is 141 Å². The van der Waals surface area contributed by atoms with E-state index in [0.29, 0.717) is 30.3 Å². The van der Waals surface area contributed by atoms with E-state index in [2.05, 4.69) is 0 Å². The highest BCUT2D eigenvalue weighted by Gasteiger charge is 2.34. The Balaban J connectivity index is 1.97. The largest absolute Gasteiger partial charge is 0.484 e. The molecule has 0 saturated carbocycles. The monoisotopic (exact) mass is 361 g/mol. The van der Waals surface area contributed by atoms with Crippen molar-refractivity contribution in [1.82, 2.24) is 4.90 Å². The SMILES string of the molecule is COCCN(C(=O)COc1ccc(Cl)cc1)[C@H]1CCS(=O)(=O)C1. The van der Waals surface area contributed by atoms with E-state index in [4.69, 9.17) is 21.1 Å². The van der Waals surface area contributed by atoms with Crippen LogP contribution < -0.4 is 4.74 Å². The van der Waals surface area contributed by atoms with Gasteiger partial charge in [0.05, 0.1) is 18.1 Å². The molecule has 23 heavy (non-hydrogen) atoms. The molecule has 128 valence electrons. The number of halogens is 1. The number of hydrogen-bond acceptors (Lipinski definition) is 5. The number of nitrogens with zero attached hydrogens (tertiary/aromatic N) is 1. The number of benzene rings is 1. The number of rotatable bonds is 7. The van der Waals surface area contributed by atoms with Gasteiger partial charge in [-0.1, -0.05) is 11.6 Å². The van der Waals surface area contributed by atoms with Gasteiger partial charge in [0, 0.05) is 24.7 Å². The minimum atomic E-state index is -3.06. The molecule has 1 aromatic carbocycles. The molecular weight excluding hydrogens is 342 g/mol. The third-order valence-corrected chi connectivity index (χ3v) is 5.68. The van der Waals surface area contributed by atoms with E-state index < -0.39 is 9.84 Å². The first-order valence-electron chi connectivity index (χ1n) is 7.28. The zero-order valence-electron chi connectivity index (χ0n) is 12.9. The maximum Gasteiger partial charge on any atom is 0.260 e. The lowest BCUT2D eigenvalue weighted by Gasteiger charge is -2.28. The number of hydrogen-bond donors (Lipinski definition) is 0. The van der Waals surface area contributed by atoms with Gasteiger partial charge in [0.2, 0.25) is 0 Å². The summed E-state index contributed by atoms with van der Waals surface area (Å²) in [6.45, 7) is 0.546. The van der Waals surface area contributed by atoms with Crippen molar-refractivity contribution in [3.8, 4) is 5.75 Å². The first-order valence-corrected chi connectivity index (χ1v) is 9.48. The van der Waals surface area contributed by atoms with E-state index in [1.807, 2.05) is 0 Å². The number of ether oxygens (including phenoxy) is 2. The van der Waals surface area contributed by atoms with Crippen LogP contribution in [0.1, 0.15) is 6.42 Å². The number of sulfone groups is 1. The second-order valence-corrected chi connectivity index (χ2v) is 8.04. The smallest absolute Gasteiger partial charge is 0.260 e. The quantitative estimate of drug-likeness (QED) is 0.733. The van der Waals surface area contributed by atoms with Crippen LogP contribution in [0, 0.1) is 0 Å². The lowest BCUT2D eigenvalue weighted by Crippen LogP contribution is -2.45. The van der Waals surface area contributed by atoms with Crippen LogP contribution in [0.4, 0.5) is 0 Å². The zero-order valence-corrected chi connectivity index (χ0v) is 14.5. The van der Waals surface area contributed by atoms with Gasteiger partial charge in [-0.2, -0.15) is 0 Å². The second kappa shape index (κ2) is 7.99. The van der Waals surface area contributed by atoms with Crippen molar-refractivity contribution in [2.75, 3.05) is 38.4 Å². The Morgan fingerprint density at radius 1 is 1.35 bits per heavy atom. The number of carbonyl (C=O) groups is 1. The van der Waals surface area contributed by atoms with E-state index in [1.165, 1.54) is 7.11 Å². The molecule has 6 nitrogen and oxygen atoms in total. The number of amides is 1. The Kier molecular flexibility index (Phi) is 6.26. The summed E-state index contributed by atoms with van der Waals surface area (Å²) in [4.78, 5) is 14.0. The zero-order chi connectivity index (χ0) is 16.9. The van der Waals surface area contributed by atoms with Crippen LogP contribution in [0.5, 0.6) is 5.75 Å².